The molecule has 4 heteroatoms. The third-order valence-corrected chi connectivity index (χ3v) is 3.47. The van der Waals surface area contributed by atoms with Crippen molar-refractivity contribution in [3.8, 4) is 0 Å². The lowest BCUT2D eigenvalue weighted by atomic mass is 9.98. The summed E-state index contributed by atoms with van der Waals surface area (Å²) < 4.78 is 0.877. The first kappa shape index (κ1) is 14.0. The summed E-state index contributed by atoms with van der Waals surface area (Å²) in [4.78, 5) is 11.9. The van der Waals surface area contributed by atoms with Gasteiger partial charge in [-0.25, -0.2) is 0 Å². The van der Waals surface area contributed by atoms with Crippen LogP contribution < -0.4 is 11.1 Å². The second kappa shape index (κ2) is 6.05. The van der Waals surface area contributed by atoms with Crippen molar-refractivity contribution >= 4 is 27.5 Å². The Labute approximate surface area is 111 Å². The molecule has 0 aliphatic rings. The number of hydrogen-bond donors (Lipinski definition) is 2. The largest absolute Gasteiger partial charge is 0.398 e. The van der Waals surface area contributed by atoms with Gasteiger partial charge in [-0.05, 0) is 30.0 Å². The average molecular weight is 299 g/mol. The van der Waals surface area contributed by atoms with Crippen molar-refractivity contribution in [2.75, 3.05) is 12.3 Å². The number of hydrogen-bond acceptors (Lipinski definition) is 2. The van der Waals surface area contributed by atoms with Crippen LogP contribution in [0.15, 0.2) is 22.7 Å². The fourth-order valence-electron chi connectivity index (χ4n) is 1.32. The highest BCUT2D eigenvalue weighted by Crippen LogP contribution is 2.18. The fraction of sp³-hybridized carbons (Fsp3) is 0.462. The number of carbonyl (C=O) groups excluding carboxylic acids is 1. The molecule has 0 fully saturated rings. The van der Waals surface area contributed by atoms with E-state index in [1.807, 2.05) is 6.07 Å². The van der Waals surface area contributed by atoms with Gasteiger partial charge >= 0.3 is 0 Å². The van der Waals surface area contributed by atoms with E-state index < -0.39 is 0 Å². The number of rotatable bonds is 4. The summed E-state index contributed by atoms with van der Waals surface area (Å²) in [6.45, 7) is 7.08. The summed E-state index contributed by atoms with van der Waals surface area (Å²) in [5.74, 6) is 0.899. The van der Waals surface area contributed by atoms with Crippen LogP contribution in [0.2, 0.25) is 0 Å². The van der Waals surface area contributed by atoms with Gasteiger partial charge in [-0.3, -0.25) is 4.79 Å². The molecule has 3 N–H and O–H groups in total. The first-order valence-corrected chi connectivity index (χ1v) is 6.54. The van der Waals surface area contributed by atoms with Crippen LogP contribution in [0.3, 0.4) is 0 Å². The van der Waals surface area contributed by atoms with Crippen LogP contribution >= 0.6 is 15.9 Å². The van der Waals surface area contributed by atoms with Crippen molar-refractivity contribution in [2.45, 2.75) is 20.8 Å². The van der Waals surface area contributed by atoms with Crippen LogP contribution in [0.5, 0.6) is 0 Å². The van der Waals surface area contributed by atoms with Crippen molar-refractivity contribution < 1.29 is 4.79 Å². The molecule has 1 amide bonds. The van der Waals surface area contributed by atoms with E-state index in [9.17, 15) is 4.79 Å². The predicted molar refractivity (Wildman–Crippen MR) is 74.9 cm³/mol. The van der Waals surface area contributed by atoms with Gasteiger partial charge in [0, 0.05) is 16.7 Å². The number of nitrogen functional groups attached to an aromatic ring is 1. The Kier molecular flexibility index (Phi) is 5.00. The monoisotopic (exact) mass is 298 g/mol. The maximum Gasteiger partial charge on any atom is 0.253 e. The van der Waals surface area contributed by atoms with E-state index in [0.29, 0.717) is 29.6 Å². The molecule has 0 aliphatic heterocycles. The molecule has 0 radical (unpaired) electrons. The van der Waals surface area contributed by atoms with Crippen molar-refractivity contribution in [1.29, 1.82) is 0 Å². The molecule has 0 aromatic heterocycles. The van der Waals surface area contributed by atoms with E-state index >= 15 is 0 Å². The minimum atomic E-state index is -0.109. The molecular weight excluding hydrogens is 280 g/mol. The number of carbonyl (C=O) groups is 1. The molecule has 0 saturated carbocycles. The van der Waals surface area contributed by atoms with E-state index in [-0.39, 0.29) is 5.91 Å². The molecule has 0 heterocycles. The zero-order valence-electron chi connectivity index (χ0n) is 10.5. The lowest BCUT2D eigenvalue weighted by molar-refractivity contribution is 0.0946. The van der Waals surface area contributed by atoms with Gasteiger partial charge in [0.15, 0.2) is 0 Å². The molecule has 1 unspecified atom stereocenters. The van der Waals surface area contributed by atoms with E-state index in [2.05, 4.69) is 42.0 Å². The number of nitrogens with one attached hydrogen (secondary N) is 1. The summed E-state index contributed by atoms with van der Waals surface area (Å²) in [6.07, 6.45) is 0. The van der Waals surface area contributed by atoms with Gasteiger partial charge in [0.25, 0.3) is 5.91 Å². The average Bonchev–Trinajstić information content (AvgIpc) is 2.25. The van der Waals surface area contributed by atoms with Crippen molar-refractivity contribution in [2.24, 2.45) is 11.8 Å². The number of amides is 1. The Hall–Kier alpha value is -1.03. The normalized spacial score (nSPS) is 12.5. The molecule has 0 spiro atoms. The molecule has 1 rings (SSSR count). The van der Waals surface area contributed by atoms with Gasteiger partial charge < -0.3 is 11.1 Å². The minimum Gasteiger partial charge on any atom is -0.398 e. The SMILES string of the molecule is CC(C)C(C)CNC(=O)c1ccc(Br)cc1N. The Morgan fingerprint density at radius 1 is 1.41 bits per heavy atom. The molecule has 1 aromatic carbocycles. The summed E-state index contributed by atoms with van der Waals surface area (Å²) in [5, 5.41) is 2.91. The highest BCUT2D eigenvalue weighted by molar-refractivity contribution is 9.10. The van der Waals surface area contributed by atoms with Crippen LogP contribution in [-0.4, -0.2) is 12.5 Å². The van der Waals surface area contributed by atoms with E-state index in [0.717, 1.165) is 4.47 Å². The second-order valence-corrected chi connectivity index (χ2v) is 5.58. The van der Waals surface area contributed by atoms with Crippen molar-refractivity contribution in [3.63, 3.8) is 0 Å². The molecule has 3 nitrogen and oxygen atoms in total. The van der Waals surface area contributed by atoms with Gasteiger partial charge in [-0.1, -0.05) is 36.7 Å². The standard InChI is InChI=1S/C13H19BrN2O/c1-8(2)9(3)7-16-13(17)11-5-4-10(14)6-12(11)15/h4-6,8-9H,7,15H2,1-3H3,(H,16,17). The first-order chi connectivity index (χ1) is 7.91. The maximum atomic E-state index is 11.9. The van der Waals surface area contributed by atoms with Crippen LogP contribution in [-0.2, 0) is 0 Å². The predicted octanol–water partition coefficient (Wildman–Crippen LogP) is 3.05. The van der Waals surface area contributed by atoms with Crippen LogP contribution in [0.25, 0.3) is 0 Å². The van der Waals surface area contributed by atoms with Gasteiger partial charge in [-0.15, -0.1) is 0 Å². The second-order valence-electron chi connectivity index (χ2n) is 4.66. The summed E-state index contributed by atoms with van der Waals surface area (Å²) in [6, 6.07) is 5.28. The highest BCUT2D eigenvalue weighted by atomic mass is 79.9. The minimum absolute atomic E-state index is 0.109. The number of halogens is 1. The Morgan fingerprint density at radius 3 is 2.59 bits per heavy atom. The smallest absolute Gasteiger partial charge is 0.253 e. The topological polar surface area (TPSA) is 55.1 Å². The maximum absolute atomic E-state index is 11.9. The third-order valence-electron chi connectivity index (χ3n) is 2.98. The highest BCUT2D eigenvalue weighted by Gasteiger charge is 2.12. The molecule has 1 aromatic rings. The Balaban J connectivity index is 2.64. The van der Waals surface area contributed by atoms with Gasteiger partial charge in [0.1, 0.15) is 0 Å². The number of benzene rings is 1. The first-order valence-electron chi connectivity index (χ1n) is 5.75. The van der Waals surface area contributed by atoms with E-state index in [4.69, 9.17) is 5.73 Å². The van der Waals surface area contributed by atoms with E-state index in [1.54, 1.807) is 12.1 Å². The number of anilines is 1. The van der Waals surface area contributed by atoms with E-state index in [1.165, 1.54) is 0 Å². The summed E-state index contributed by atoms with van der Waals surface area (Å²) in [7, 11) is 0. The quantitative estimate of drug-likeness (QED) is 0.840. The molecule has 1 atom stereocenters. The third kappa shape index (κ3) is 4.04. The number of nitrogens with two attached hydrogens (primary N) is 1. The van der Waals surface area contributed by atoms with Gasteiger partial charge in [-0.2, -0.15) is 0 Å². The zero-order chi connectivity index (χ0) is 13.0. The summed E-state index contributed by atoms with van der Waals surface area (Å²) >= 11 is 3.31. The molecule has 0 saturated heterocycles. The fourth-order valence-corrected chi connectivity index (χ4v) is 1.70. The molecule has 0 aliphatic carbocycles. The van der Waals surface area contributed by atoms with Crippen LogP contribution in [0.4, 0.5) is 5.69 Å². The zero-order valence-corrected chi connectivity index (χ0v) is 12.0. The Morgan fingerprint density at radius 2 is 2.06 bits per heavy atom. The van der Waals surface area contributed by atoms with Gasteiger partial charge in [0.2, 0.25) is 0 Å². The van der Waals surface area contributed by atoms with Crippen LogP contribution in [0.1, 0.15) is 31.1 Å². The van der Waals surface area contributed by atoms with Gasteiger partial charge in [0.05, 0.1) is 5.56 Å². The lowest BCUT2D eigenvalue weighted by Crippen LogP contribution is -2.30. The Bertz CT molecular complexity index is 404. The molecule has 0 bridgehead atoms. The molecule has 17 heavy (non-hydrogen) atoms. The van der Waals surface area contributed by atoms with Crippen molar-refractivity contribution in [3.05, 3.63) is 28.2 Å². The summed E-state index contributed by atoms with van der Waals surface area (Å²) in [5.41, 5.74) is 6.82. The van der Waals surface area contributed by atoms with Crippen molar-refractivity contribution in [1.82, 2.24) is 5.32 Å². The molecule has 94 valence electrons. The molecular formula is C13H19BrN2O. The van der Waals surface area contributed by atoms with Crippen LogP contribution in [0, 0.1) is 11.8 Å². The lowest BCUT2D eigenvalue weighted by Gasteiger charge is -2.16.